The maximum absolute atomic E-state index is 11.5. The molecule has 1 atom stereocenters. The molecule has 104 valence electrons. The van der Waals surface area contributed by atoms with Gasteiger partial charge in [0.1, 0.15) is 0 Å². The van der Waals surface area contributed by atoms with Crippen LogP contribution in [0.25, 0.3) is 0 Å². The number of ether oxygens (including phenoxy) is 1. The molecule has 1 aliphatic rings. The molecule has 0 aliphatic carbocycles. The highest BCUT2D eigenvalue weighted by molar-refractivity contribution is 5.67. The Balaban J connectivity index is 1.64. The lowest BCUT2D eigenvalue weighted by Crippen LogP contribution is -2.36. The Hall–Kier alpha value is -1.59. The van der Waals surface area contributed by atoms with Gasteiger partial charge in [-0.25, -0.2) is 4.79 Å². The van der Waals surface area contributed by atoms with Crippen LogP contribution < -0.4 is 5.32 Å². The molecule has 1 heterocycles. The molecule has 5 heteroatoms. The molecule has 1 unspecified atom stereocenters. The lowest BCUT2D eigenvalue weighted by atomic mass is 10.0. The Kier molecular flexibility index (Phi) is 5.18. The minimum absolute atomic E-state index is 0.223. The summed E-state index contributed by atoms with van der Waals surface area (Å²) in [5, 5.41) is 13.4. The van der Waals surface area contributed by atoms with Gasteiger partial charge in [0.2, 0.25) is 0 Å². The van der Waals surface area contributed by atoms with Crippen molar-refractivity contribution in [2.45, 2.75) is 19.4 Å². The van der Waals surface area contributed by atoms with Crippen LogP contribution in [-0.2, 0) is 11.3 Å². The van der Waals surface area contributed by atoms with E-state index in [1.54, 1.807) is 0 Å². The van der Waals surface area contributed by atoms with Crippen molar-refractivity contribution in [1.29, 1.82) is 0 Å². The van der Waals surface area contributed by atoms with Crippen LogP contribution in [0.2, 0.25) is 0 Å². The normalized spacial score (nSPS) is 19.9. The van der Waals surface area contributed by atoms with Crippen molar-refractivity contribution < 1.29 is 14.7 Å². The second kappa shape index (κ2) is 7.11. The highest BCUT2D eigenvalue weighted by atomic mass is 16.5. The van der Waals surface area contributed by atoms with Gasteiger partial charge in [-0.15, -0.1) is 0 Å². The first-order valence-electron chi connectivity index (χ1n) is 6.62. The van der Waals surface area contributed by atoms with E-state index in [4.69, 9.17) is 4.74 Å². The van der Waals surface area contributed by atoms with Gasteiger partial charge in [0.15, 0.2) is 0 Å². The summed E-state index contributed by atoms with van der Waals surface area (Å²) in [6, 6.07) is 9.70. The van der Waals surface area contributed by atoms with Gasteiger partial charge < -0.3 is 15.3 Å². The zero-order chi connectivity index (χ0) is 13.5. The first-order valence-corrected chi connectivity index (χ1v) is 6.62. The number of amides is 1. The molecule has 1 fully saturated rings. The number of carbonyl (C=O) groups excluding carboxylic acids is 1. The molecule has 1 aromatic carbocycles. The third-order valence-electron chi connectivity index (χ3n) is 3.23. The highest BCUT2D eigenvalue weighted by Gasteiger charge is 2.19. The van der Waals surface area contributed by atoms with Crippen LogP contribution >= 0.6 is 0 Å². The van der Waals surface area contributed by atoms with Gasteiger partial charge in [-0.1, -0.05) is 30.3 Å². The van der Waals surface area contributed by atoms with Crippen LogP contribution in [0.4, 0.5) is 4.79 Å². The number of hydrogen-bond acceptors (Lipinski definition) is 4. The summed E-state index contributed by atoms with van der Waals surface area (Å²) in [5.41, 5.74) is 1.04. The Labute approximate surface area is 113 Å². The fourth-order valence-corrected chi connectivity index (χ4v) is 2.19. The van der Waals surface area contributed by atoms with E-state index >= 15 is 0 Å². The van der Waals surface area contributed by atoms with E-state index in [0.717, 1.165) is 18.4 Å². The second-order valence-corrected chi connectivity index (χ2v) is 4.86. The summed E-state index contributed by atoms with van der Waals surface area (Å²) in [6.07, 6.45) is 1.53. The molecule has 0 aromatic heterocycles. The number of benzene rings is 1. The number of alkyl carbamates (subject to hydrolysis) is 1. The Bertz CT molecular complexity index is 397. The van der Waals surface area contributed by atoms with Crippen molar-refractivity contribution in [2.24, 2.45) is 5.92 Å². The van der Waals surface area contributed by atoms with Gasteiger partial charge in [-0.2, -0.15) is 5.06 Å². The molecule has 0 spiro atoms. The molecule has 2 rings (SSSR count). The van der Waals surface area contributed by atoms with E-state index < -0.39 is 6.09 Å². The van der Waals surface area contributed by atoms with Crippen LogP contribution in [-0.4, -0.2) is 36.1 Å². The zero-order valence-electron chi connectivity index (χ0n) is 10.9. The second-order valence-electron chi connectivity index (χ2n) is 4.86. The summed E-state index contributed by atoms with van der Waals surface area (Å²) in [4.78, 5) is 11.5. The SMILES string of the molecule is O=C(NCc1ccccc1)OCC1CCCN(O)C1. The maximum Gasteiger partial charge on any atom is 0.407 e. The molecule has 2 N–H and O–H groups in total. The largest absolute Gasteiger partial charge is 0.449 e. The maximum atomic E-state index is 11.5. The Morgan fingerprint density at radius 1 is 1.42 bits per heavy atom. The summed E-state index contributed by atoms with van der Waals surface area (Å²) < 4.78 is 5.16. The van der Waals surface area contributed by atoms with Crippen molar-refractivity contribution in [3.05, 3.63) is 35.9 Å². The predicted molar refractivity (Wildman–Crippen MR) is 70.7 cm³/mol. The molecule has 0 radical (unpaired) electrons. The van der Waals surface area contributed by atoms with Crippen molar-refractivity contribution in [1.82, 2.24) is 10.4 Å². The Morgan fingerprint density at radius 3 is 2.95 bits per heavy atom. The summed E-state index contributed by atoms with van der Waals surface area (Å²) in [5.74, 6) is 0.223. The molecule has 1 saturated heterocycles. The fourth-order valence-electron chi connectivity index (χ4n) is 2.19. The minimum Gasteiger partial charge on any atom is -0.449 e. The standard InChI is InChI=1S/C14H20N2O3/c17-14(15-9-12-5-2-1-3-6-12)19-11-13-7-4-8-16(18)10-13/h1-3,5-6,13,18H,4,7-11H2,(H,15,17). The van der Waals surface area contributed by atoms with Crippen LogP contribution in [0.15, 0.2) is 30.3 Å². The third kappa shape index (κ3) is 4.89. The lowest BCUT2D eigenvalue weighted by molar-refractivity contribution is -0.122. The summed E-state index contributed by atoms with van der Waals surface area (Å²) in [7, 11) is 0. The van der Waals surface area contributed by atoms with Crippen molar-refractivity contribution in [3.8, 4) is 0 Å². The van der Waals surface area contributed by atoms with E-state index in [0.29, 0.717) is 26.2 Å². The number of hydroxylamine groups is 2. The smallest absolute Gasteiger partial charge is 0.407 e. The number of piperidine rings is 1. The van der Waals surface area contributed by atoms with Crippen molar-refractivity contribution in [3.63, 3.8) is 0 Å². The first kappa shape index (κ1) is 13.8. The highest BCUT2D eigenvalue weighted by Crippen LogP contribution is 2.14. The predicted octanol–water partition coefficient (Wildman–Crippen LogP) is 2.01. The molecule has 5 nitrogen and oxygen atoms in total. The molecule has 0 saturated carbocycles. The molecular formula is C14H20N2O3. The first-order chi connectivity index (χ1) is 9.24. The van der Waals surface area contributed by atoms with Gasteiger partial charge in [0, 0.05) is 25.6 Å². The van der Waals surface area contributed by atoms with E-state index in [1.807, 2.05) is 30.3 Å². The van der Waals surface area contributed by atoms with Gasteiger partial charge in [-0.05, 0) is 18.4 Å². The van der Waals surface area contributed by atoms with E-state index in [2.05, 4.69) is 5.32 Å². The molecule has 1 aromatic rings. The number of nitrogens with one attached hydrogen (secondary N) is 1. The van der Waals surface area contributed by atoms with Crippen LogP contribution in [0.1, 0.15) is 18.4 Å². The average Bonchev–Trinajstić information content (AvgIpc) is 2.44. The zero-order valence-corrected chi connectivity index (χ0v) is 10.9. The van der Waals surface area contributed by atoms with Crippen molar-refractivity contribution in [2.75, 3.05) is 19.7 Å². The van der Waals surface area contributed by atoms with Gasteiger partial charge in [0.25, 0.3) is 0 Å². The molecule has 1 aliphatic heterocycles. The molecular weight excluding hydrogens is 244 g/mol. The average molecular weight is 264 g/mol. The number of rotatable bonds is 4. The van der Waals surface area contributed by atoms with Gasteiger partial charge >= 0.3 is 6.09 Å². The topological polar surface area (TPSA) is 61.8 Å². The molecule has 0 bridgehead atoms. The Morgan fingerprint density at radius 2 is 2.21 bits per heavy atom. The monoisotopic (exact) mass is 264 g/mol. The minimum atomic E-state index is -0.404. The lowest BCUT2D eigenvalue weighted by Gasteiger charge is -2.27. The van der Waals surface area contributed by atoms with E-state index in [9.17, 15) is 10.0 Å². The van der Waals surface area contributed by atoms with E-state index in [1.165, 1.54) is 5.06 Å². The number of carbonyl (C=O) groups is 1. The van der Waals surface area contributed by atoms with Crippen LogP contribution in [0.3, 0.4) is 0 Å². The van der Waals surface area contributed by atoms with Crippen LogP contribution in [0.5, 0.6) is 0 Å². The van der Waals surface area contributed by atoms with E-state index in [-0.39, 0.29) is 5.92 Å². The summed E-state index contributed by atoms with van der Waals surface area (Å²) in [6.45, 7) is 2.11. The molecule has 1 amide bonds. The third-order valence-corrected chi connectivity index (χ3v) is 3.23. The van der Waals surface area contributed by atoms with Gasteiger partial charge in [0.05, 0.1) is 6.61 Å². The molecule has 19 heavy (non-hydrogen) atoms. The van der Waals surface area contributed by atoms with Gasteiger partial charge in [-0.3, -0.25) is 0 Å². The fraction of sp³-hybridized carbons (Fsp3) is 0.500. The summed E-state index contributed by atoms with van der Waals surface area (Å²) >= 11 is 0. The van der Waals surface area contributed by atoms with Crippen LogP contribution in [0, 0.1) is 5.92 Å². The number of nitrogens with zero attached hydrogens (tertiary/aromatic N) is 1. The van der Waals surface area contributed by atoms with Crippen molar-refractivity contribution >= 4 is 6.09 Å². The number of hydrogen-bond donors (Lipinski definition) is 2. The quantitative estimate of drug-likeness (QED) is 0.873.